The molecule has 1 aliphatic rings. The van der Waals surface area contributed by atoms with Gasteiger partial charge in [0.2, 0.25) is 5.96 Å². The number of guanidine groups is 1. The Morgan fingerprint density at radius 3 is 2.38 bits per heavy atom. The molecule has 0 fully saturated rings. The molecule has 12 heteroatoms. The molecule has 2 aromatic carbocycles. The van der Waals surface area contributed by atoms with Gasteiger partial charge in [-0.3, -0.25) is 0 Å². The van der Waals surface area contributed by atoms with Crippen molar-refractivity contribution in [1.82, 2.24) is 0 Å². The maximum atomic E-state index is 14.1. The van der Waals surface area contributed by atoms with E-state index in [1.165, 1.54) is 25.3 Å². The Hall–Kier alpha value is -2.79. The second-order valence-electron chi connectivity index (χ2n) is 8.93. The summed E-state index contributed by atoms with van der Waals surface area (Å²) < 4.78 is 73.5. The number of halogens is 4. The molecule has 0 saturated carbocycles. The summed E-state index contributed by atoms with van der Waals surface area (Å²) in [5.74, 6) is 0.0949. The predicted octanol–water partition coefficient (Wildman–Crippen LogP) is 4.99. The van der Waals surface area contributed by atoms with Gasteiger partial charge < -0.3 is 15.8 Å². The van der Waals surface area contributed by atoms with Crippen molar-refractivity contribution in [3.05, 3.63) is 40.9 Å². The second-order valence-corrected chi connectivity index (χ2v) is 11.3. The molecule has 34 heavy (non-hydrogen) atoms. The van der Waals surface area contributed by atoms with Gasteiger partial charge in [0.05, 0.1) is 23.4 Å². The number of ether oxygens (including phenoxy) is 1. The van der Waals surface area contributed by atoms with Crippen LogP contribution in [0.5, 0.6) is 5.75 Å². The van der Waals surface area contributed by atoms with E-state index in [1.54, 1.807) is 20.8 Å². The lowest BCUT2D eigenvalue weighted by Gasteiger charge is -2.21. The molecular weight excluding hydrogens is 493 g/mol. The van der Waals surface area contributed by atoms with E-state index in [-0.39, 0.29) is 56.6 Å². The minimum Gasteiger partial charge on any atom is -0.495 e. The van der Waals surface area contributed by atoms with Gasteiger partial charge in [-0.15, -0.1) is 0 Å². The first kappa shape index (κ1) is 25.8. The maximum absolute atomic E-state index is 14.1. The summed E-state index contributed by atoms with van der Waals surface area (Å²) >= 11 is 6.31. The number of aliphatic imine (C=N–C) groups is 2. The molecule has 0 amide bonds. The summed E-state index contributed by atoms with van der Waals surface area (Å²) in [5.41, 5.74) is 3.54. The van der Waals surface area contributed by atoms with Crippen LogP contribution in [0.4, 0.5) is 18.9 Å². The molecule has 1 heterocycles. The highest BCUT2D eigenvalue weighted by atomic mass is 35.5. The molecule has 0 radical (unpaired) electrons. The molecule has 0 aromatic heterocycles. The molecule has 3 rings (SSSR count). The molecule has 0 unspecified atom stereocenters. The minimum absolute atomic E-state index is 0.00682. The lowest BCUT2D eigenvalue weighted by molar-refractivity contribution is -0.137. The molecule has 0 aliphatic carbocycles. The predicted molar refractivity (Wildman–Crippen MR) is 127 cm³/mol. The zero-order valence-corrected chi connectivity index (χ0v) is 20.5. The molecule has 0 atom stereocenters. The summed E-state index contributed by atoms with van der Waals surface area (Å²) in [4.78, 5) is 7.66. The van der Waals surface area contributed by atoms with Gasteiger partial charge in [0.15, 0.2) is 9.84 Å². The standard InChI is InChI=1S/C22H24ClF3N4O3S/c1-21(2,3)11-34(31,32)17-7-12(5-6-16(17)33-4)19-14(22(24,25)26)8-13(9-15(19)23)29-20-28-10-18(27)30-20/h5-9H,10-11H2,1-4H3,(H3,27,28,29,30). The third-order valence-corrected chi connectivity index (χ3v) is 7.24. The van der Waals surface area contributed by atoms with E-state index >= 15 is 0 Å². The minimum atomic E-state index is -4.79. The van der Waals surface area contributed by atoms with Crippen LogP contribution < -0.4 is 15.8 Å². The number of amidine groups is 1. The topological polar surface area (TPSA) is 106 Å². The fourth-order valence-electron chi connectivity index (χ4n) is 3.48. The number of rotatable bonds is 5. The molecule has 0 saturated heterocycles. The lowest BCUT2D eigenvalue weighted by atomic mass is 9.98. The summed E-state index contributed by atoms with van der Waals surface area (Å²) in [6.45, 7) is 5.38. The third-order valence-electron chi connectivity index (χ3n) is 4.70. The smallest absolute Gasteiger partial charge is 0.417 e. The average Bonchev–Trinajstić information content (AvgIpc) is 3.09. The highest BCUT2D eigenvalue weighted by Gasteiger charge is 2.36. The third kappa shape index (κ3) is 5.82. The van der Waals surface area contributed by atoms with Crippen LogP contribution in [0, 0.1) is 5.41 Å². The van der Waals surface area contributed by atoms with E-state index < -0.39 is 27.0 Å². The Kier molecular flexibility index (Phi) is 6.92. The Morgan fingerprint density at radius 1 is 1.18 bits per heavy atom. The first-order chi connectivity index (χ1) is 15.6. The van der Waals surface area contributed by atoms with Crippen molar-refractivity contribution in [1.29, 1.82) is 0 Å². The van der Waals surface area contributed by atoms with Gasteiger partial charge in [0.1, 0.15) is 23.0 Å². The first-order valence-corrected chi connectivity index (χ1v) is 12.1. The number of hydrogen-bond donors (Lipinski definition) is 2. The highest BCUT2D eigenvalue weighted by Crippen LogP contribution is 2.44. The average molecular weight is 517 g/mol. The monoisotopic (exact) mass is 516 g/mol. The summed E-state index contributed by atoms with van der Waals surface area (Å²) in [6.07, 6.45) is -4.79. The molecule has 2 aromatic rings. The zero-order chi connectivity index (χ0) is 25.5. The van der Waals surface area contributed by atoms with E-state index in [9.17, 15) is 21.6 Å². The van der Waals surface area contributed by atoms with Gasteiger partial charge in [-0.2, -0.15) is 18.2 Å². The van der Waals surface area contributed by atoms with Gasteiger partial charge in [-0.25, -0.2) is 13.4 Å². The van der Waals surface area contributed by atoms with Crippen LogP contribution >= 0.6 is 11.6 Å². The molecule has 184 valence electrons. The summed E-state index contributed by atoms with van der Waals surface area (Å²) in [6, 6.07) is 5.96. The van der Waals surface area contributed by atoms with Gasteiger partial charge in [0.25, 0.3) is 0 Å². The van der Waals surface area contributed by atoms with Crippen LogP contribution in [0.1, 0.15) is 26.3 Å². The van der Waals surface area contributed by atoms with Crippen molar-refractivity contribution in [3.63, 3.8) is 0 Å². The fourth-order valence-corrected chi connectivity index (χ4v) is 5.87. The molecule has 7 nitrogen and oxygen atoms in total. The lowest BCUT2D eigenvalue weighted by Crippen LogP contribution is -2.21. The van der Waals surface area contributed by atoms with Gasteiger partial charge >= 0.3 is 6.18 Å². The number of hydrogen-bond acceptors (Lipinski definition) is 7. The van der Waals surface area contributed by atoms with E-state index in [0.717, 1.165) is 12.1 Å². The van der Waals surface area contributed by atoms with E-state index in [0.29, 0.717) is 0 Å². The van der Waals surface area contributed by atoms with Gasteiger partial charge in [-0.05, 0) is 35.2 Å². The molecule has 3 N–H and O–H groups in total. The van der Waals surface area contributed by atoms with Crippen LogP contribution in [0.25, 0.3) is 11.1 Å². The number of benzene rings is 2. The van der Waals surface area contributed by atoms with E-state index in [4.69, 9.17) is 22.1 Å². The number of nitrogens with zero attached hydrogens (tertiary/aromatic N) is 2. The van der Waals surface area contributed by atoms with Crippen molar-refractivity contribution in [2.24, 2.45) is 21.1 Å². The largest absolute Gasteiger partial charge is 0.495 e. The van der Waals surface area contributed by atoms with Crippen LogP contribution in [-0.4, -0.2) is 39.6 Å². The zero-order valence-electron chi connectivity index (χ0n) is 18.9. The maximum Gasteiger partial charge on any atom is 0.417 e. The van der Waals surface area contributed by atoms with Crippen LogP contribution in [-0.2, 0) is 16.0 Å². The quantitative estimate of drug-likeness (QED) is 0.582. The van der Waals surface area contributed by atoms with Gasteiger partial charge in [0, 0.05) is 11.3 Å². The van der Waals surface area contributed by atoms with Crippen molar-refractivity contribution in [3.8, 4) is 16.9 Å². The Labute approximate surface area is 200 Å². The van der Waals surface area contributed by atoms with Crippen molar-refractivity contribution >= 4 is 38.9 Å². The first-order valence-electron chi connectivity index (χ1n) is 10.1. The SMILES string of the molecule is COc1ccc(-c2c(Cl)cc(NC3=NCC(N)=N3)cc2C(F)(F)F)cc1S(=O)(=O)CC(C)(C)C. The van der Waals surface area contributed by atoms with E-state index in [1.807, 2.05) is 0 Å². The van der Waals surface area contributed by atoms with Crippen molar-refractivity contribution in [2.45, 2.75) is 31.8 Å². The van der Waals surface area contributed by atoms with Crippen molar-refractivity contribution < 1.29 is 26.3 Å². The molecule has 1 aliphatic heterocycles. The Morgan fingerprint density at radius 2 is 1.85 bits per heavy atom. The number of nitrogens with one attached hydrogen (secondary N) is 1. The Balaban J connectivity index is 2.17. The number of methoxy groups -OCH3 is 1. The van der Waals surface area contributed by atoms with Gasteiger partial charge in [-0.1, -0.05) is 38.4 Å². The number of sulfone groups is 1. The summed E-state index contributed by atoms with van der Waals surface area (Å²) in [7, 11) is -2.59. The Bertz CT molecular complexity index is 1280. The van der Waals surface area contributed by atoms with Crippen LogP contribution in [0.2, 0.25) is 5.02 Å². The molecular formula is C22H24ClF3N4O3S. The molecule has 0 bridgehead atoms. The fraction of sp³-hybridized carbons (Fsp3) is 0.364. The van der Waals surface area contributed by atoms with Crippen LogP contribution in [0.3, 0.4) is 0 Å². The number of nitrogens with two attached hydrogens (primary N) is 1. The normalized spacial score (nSPS) is 14.6. The molecule has 0 spiro atoms. The van der Waals surface area contributed by atoms with Crippen LogP contribution in [0.15, 0.2) is 45.2 Å². The van der Waals surface area contributed by atoms with Crippen molar-refractivity contribution in [2.75, 3.05) is 24.7 Å². The summed E-state index contributed by atoms with van der Waals surface area (Å²) in [5, 5.41) is 2.43. The highest BCUT2D eigenvalue weighted by molar-refractivity contribution is 7.91. The van der Waals surface area contributed by atoms with E-state index in [2.05, 4.69) is 15.3 Å². The number of alkyl halides is 3. The second kappa shape index (κ2) is 9.10. The number of anilines is 1.